The van der Waals surface area contributed by atoms with Crippen LogP contribution in [0, 0.1) is 22.9 Å². The van der Waals surface area contributed by atoms with Crippen LogP contribution in [0.1, 0.15) is 5.56 Å². The highest BCUT2D eigenvalue weighted by molar-refractivity contribution is 7.99. The molecule has 0 saturated heterocycles. The zero-order valence-corrected chi connectivity index (χ0v) is 19.2. The number of nitrogens with zero attached hydrogens (tertiary/aromatic N) is 3. The van der Waals surface area contributed by atoms with Gasteiger partial charge in [-0.15, -0.1) is 0 Å². The van der Waals surface area contributed by atoms with E-state index in [1.165, 1.54) is 10.6 Å². The third-order valence-electron chi connectivity index (χ3n) is 4.92. The van der Waals surface area contributed by atoms with Crippen molar-refractivity contribution in [2.75, 3.05) is 11.1 Å². The Kier molecular flexibility index (Phi) is 6.62. The molecule has 1 heterocycles. The third kappa shape index (κ3) is 4.78. The van der Waals surface area contributed by atoms with Crippen molar-refractivity contribution in [3.8, 4) is 5.69 Å². The van der Waals surface area contributed by atoms with Crippen LogP contribution in [0.4, 0.5) is 15.8 Å². The molecule has 4 aromatic rings. The molecule has 0 unspecified atom stereocenters. The number of carbonyl (C=O) groups excluding carboxylic acids is 1. The lowest BCUT2D eigenvalue weighted by Crippen LogP contribution is -2.23. The lowest BCUT2D eigenvalue weighted by atomic mass is 10.2. The van der Waals surface area contributed by atoms with Gasteiger partial charge in [0.05, 0.1) is 27.3 Å². The molecular weight excluding hydrogens is 483 g/mol. The van der Waals surface area contributed by atoms with Gasteiger partial charge in [-0.2, -0.15) is 4.39 Å². The molecule has 8 nitrogen and oxygen atoms in total. The van der Waals surface area contributed by atoms with Gasteiger partial charge >= 0.3 is 5.69 Å². The SMILES string of the molecule is Cc1ccc(-n2c(SCC(=O)Nc3ccc(F)c([N+](=O)[O-])c3)nc3ccccc3c2=O)cc1Cl. The number of nitro benzene ring substituents is 1. The standard InChI is InChI=1S/C23H16ClFN4O4S/c1-13-6-8-15(11-17(13)24)28-22(31)16-4-2-3-5-19(16)27-23(28)34-12-21(30)26-14-7-9-18(25)20(10-14)29(32)33/h2-11H,12H2,1H3,(H,26,30). The van der Waals surface area contributed by atoms with Crippen LogP contribution in [0.3, 0.4) is 0 Å². The zero-order valence-electron chi connectivity index (χ0n) is 17.6. The van der Waals surface area contributed by atoms with Gasteiger partial charge in [0.1, 0.15) is 0 Å². The number of aryl methyl sites for hydroxylation is 1. The summed E-state index contributed by atoms with van der Waals surface area (Å²) in [4.78, 5) is 40.4. The summed E-state index contributed by atoms with van der Waals surface area (Å²) in [5, 5.41) is 14.6. The van der Waals surface area contributed by atoms with Crippen LogP contribution in [-0.4, -0.2) is 26.1 Å². The number of para-hydroxylation sites is 1. The van der Waals surface area contributed by atoms with Crippen molar-refractivity contribution in [3.05, 3.63) is 97.5 Å². The summed E-state index contributed by atoms with van der Waals surface area (Å²) in [5.41, 5.74) is 0.825. The fourth-order valence-corrected chi connectivity index (χ4v) is 4.20. The molecule has 1 N–H and O–H groups in total. The number of aromatic nitrogens is 2. The average molecular weight is 499 g/mol. The second-order valence-corrected chi connectivity index (χ2v) is 8.60. The minimum atomic E-state index is -1.00. The van der Waals surface area contributed by atoms with Crippen LogP contribution in [0.25, 0.3) is 16.6 Å². The Bertz CT molecular complexity index is 1510. The molecule has 0 aliphatic carbocycles. The van der Waals surface area contributed by atoms with Crippen LogP contribution < -0.4 is 10.9 Å². The van der Waals surface area contributed by atoms with Gasteiger partial charge in [0, 0.05) is 16.8 Å². The number of benzene rings is 3. The minimum absolute atomic E-state index is 0.0767. The number of thioether (sulfide) groups is 1. The van der Waals surface area contributed by atoms with Gasteiger partial charge in [-0.25, -0.2) is 4.98 Å². The van der Waals surface area contributed by atoms with E-state index in [4.69, 9.17) is 11.6 Å². The summed E-state index contributed by atoms with van der Waals surface area (Å²) in [6.45, 7) is 1.84. The first-order valence-corrected chi connectivity index (χ1v) is 11.3. The topological polar surface area (TPSA) is 107 Å². The van der Waals surface area contributed by atoms with E-state index in [-0.39, 0.29) is 22.2 Å². The number of carbonyl (C=O) groups is 1. The van der Waals surface area contributed by atoms with E-state index in [0.717, 1.165) is 29.5 Å². The van der Waals surface area contributed by atoms with Gasteiger partial charge in [0.25, 0.3) is 5.56 Å². The van der Waals surface area contributed by atoms with E-state index in [9.17, 15) is 24.1 Å². The number of anilines is 1. The molecular formula is C23H16ClFN4O4S. The fraction of sp³-hybridized carbons (Fsp3) is 0.0870. The normalized spacial score (nSPS) is 10.9. The number of amides is 1. The van der Waals surface area contributed by atoms with Gasteiger partial charge in [0.15, 0.2) is 5.16 Å². The maximum atomic E-state index is 13.5. The maximum absolute atomic E-state index is 13.5. The minimum Gasteiger partial charge on any atom is -0.325 e. The monoisotopic (exact) mass is 498 g/mol. The highest BCUT2D eigenvalue weighted by Gasteiger charge is 2.18. The molecule has 1 aromatic heterocycles. The Balaban J connectivity index is 1.65. The van der Waals surface area contributed by atoms with E-state index in [1.807, 2.05) is 6.92 Å². The van der Waals surface area contributed by atoms with Crippen LogP contribution >= 0.6 is 23.4 Å². The largest absolute Gasteiger partial charge is 0.325 e. The van der Waals surface area contributed by atoms with Gasteiger partial charge < -0.3 is 5.32 Å². The quantitative estimate of drug-likeness (QED) is 0.171. The van der Waals surface area contributed by atoms with Crippen molar-refractivity contribution in [1.29, 1.82) is 0 Å². The van der Waals surface area contributed by atoms with Crippen molar-refractivity contribution in [2.45, 2.75) is 12.1 Å². The van der Waals surface area contributed by atoms with Crippen LogP contribution in [0.2, 0.25) is 5.02 Å². The average Bonchev–Trinajstić information content (AvgIpc) is 2.81. The summed E-state index contributed by atoms with van der Waals surface area (Å²) in [7, 11) is 0. The molecule has 11 heteroatoms. The molecule has 0 bridgehead atoms. The number of fused-ring (bicyclic) bond motifs is 1. The fourth-order valence-electron chi connectivity index (χ4n) is 3.22. The van der Waals surface area contributed by atoms with E-state index in [2.05, 4.69) is 10.3 Å². The second kappa shape index (κ2) is 9.62. The molecule has 0 fully saturated rings. The summed E-state index contributed by atoms with van der Waals surface area (Å²) in [6, 6.07) is 15.1. The molecule has 0 saturated carbocycles. The molecule has 4 rings (SSSR count). The molecule has 0 radical (unpaired) electrons. The first kappa shape index (κ1) is 23.4. The Hall–Kier alpha value is -3.76. The first-order chi connectivity index (χ1) is 16.2. The Morgan fingerprint density at radius 1 is 1.21 bits per heavy atom. The number of hydrogen-bond donors (Lipinski definition) is 1. The molecule has 1 amide bonds. The Morgan fingerprint density at radius 2 is 1.97 bits per heavy atom. The molecule has 34 heavy (non-hydrogen) atoms. The number of halogens is 2. The summed E-state index contributed by atoms with van der Waals surface area (Å²) in [6.07, 6.45) is 0. The van der Waals surface area contributed by atoms with Crippen molar-refractivity contribution in [2.24, 2.45) is 0 Å². The highest BCUT2D eigenvalue weighted by Crippen LogP contribution is 2.26. The number of nitrogens with one attached hydrogen (secondary N) is 1. The number of nitro groups is 1. The number of rotatable bonds is 6. The highest BCUT2D eigenvalue weighted by atomic mass is 35.5. The van der Waals surface area contributed by atoms with Gasteiger partial charge in [-0.05, 0) is 48.9 Å². The van der Waals surface area contributed by atoms with E-state index < -0.39 is 22.3 Å². The lowest BCUT2D eigenvalue weighted by molar-refractivity contribution is -0.387. The number of hydrogen-bond acceptors (Lipinski definition) is 6. The van der Waals surface area contributed by atoms with Crippen molar-refractivity contribution in [3.63, 3.8) is 0 Å². The Morgan fingerprint density at radius 3 is 2.71 bits per heavy atom. The lowest BCUT2D eigenvalue weighted by Gasteiger charge is -2.14. The second-order valence-electron chi connectivity index (χ2n) is 7.25. The zero-order chi connectivity index (χ0) is 24.4. The molecule has 0 spiro atoms. The van der Waals surface area contributed by atoms with Gasteiger partial charge in [-0.1, -0.05) is 41.6 Å². The van der Waals surface area contributed by atoms with Crippen molar-refractivity contribution >= 4 is 51.5 Å². The Labute approximate surface area is 201 Å². The molecule has 0 aliphatic rings. The van der Waals surface area contributed by atoms with Crippen molar-refractivity contribution in [1.82, 2.24) is 9.55 Å². The van der Waals surface area contributed by atoms with Gasteiger partial charge in [-0.3, -0.25) is 24.3 Å². The molecule has 0 aliphatic heterocycles. The summed E-state index contributed by atoms with van der Waals surface area (Å²) < 4.78 is 14.9. The maximum Gasteiger partial charge on any atom is 0.306 e. The van der Waals surface area contributed by atoms with Crippen LogP contribution in [-0.2, 0) is 4.79 Å². The molecule has 172 valence electrons. The smallest absolute Gasteiger partial charge is 0.306 e. The van der Waals surface area contributed by atoms with E-state index >= 15 is 0 Å². The van der Waals surface area contributed by atoms with Crippen molar-refractivity contribution < 1.29 is 14.1 Å². The predicted molar refractivity (Wildman–Crippen MR) is 129 cm³/mol. The molecule has 3 aromatic carbocycles. The van der Waals surface area contributed by atoms with Crippen LogP contribution in [0.15, 0.2) is 70.6 Å². The predicted octanol–water partition coefficient (Wildman–Crippen LogP) is 5.13. The first-order valence-electron chi connectivity index (χ1n) is 9.89. The van der Waals surface area contributed by atoms with Crippen LogP contribution in [0.5, 0.6) is 0 Å². The van der Waals surface area contributed by atoms with Gasteiger partial charge in [0.2, 0.25) is 11.7 Å². The molecule has 0 atom stereocenters. The third-order valence-corrected chi connectivity index (χ3v) is 6.26. The van der Waals surface area contributed by atoms with E-state index in [0.29, 0.717) is 21.6 Å². The summed E-state index contributed by atoms with van der Waals surface area (Å²) >= 11 is 7.28. The summed E-state index contributed by atoms with van der Waals surface area (Å²) in [5.74, 6) is -1.67. The van der Waals surface area contributed by atoms with E-state index in [1.54, 1.807) is 42.5 Å².